The Morgan fingerprint density at radius 2 is 1.79 bits per heavy atom. The molecule has 0 radical (unpaired) electrons. The van der Waals surface area contributed by atoms with Crippen molar-refractivity contribution in [3.8, 4) is 16.9 Å². The third kappa shape index (κ3) is 1.93. The minimum absolute atomic E-state index is 0.603. The van der Waals surface area contributed by atoms with Gasteiger partial charge in [-0.2, -0.15) is 10.1 Å². The highest BCUT2D eigenvalue weighted by atomic mass is 16.5. The number of hydrogen-bond donors (Lipinski definition) is 0. The summed E-state index contributed by atoms with van der Waals surface area (Å²) in [6.45, 7) is 4.08. The Hall–Kier alpha value is -2.43. The van der Waals surface area contributed by atoms with Gasteiger partial charge in [-0.25, -0.2) is 9.50 Å². The summed E-state index contributed by atoms with van der Waals surface area (Å²) in [4.78, 5) is 8.31. The van der Waals surface area contributed by atoms with Gasteiger partial charge in [-0.05, 0) is 42.7 Å². The van der Waals surface area contributed by atoms with Crippen LogP contribution < -0.4 is 4.74 Å². The highest BCUT2D eigenvalue weighted by molar-refractivity contribution is 5.66. The van der Waals surface area contributed by atoms with Gasteiger partial charge in [0.25, 0.3) is 5.78 Å². The quantitative estimate of drug-likeness (QED) is 0.704. The van der Waals surface area contributed by atoms with E-state index in [1.54, 1.807) is 11.6 Å². The van der Waals surface area contributed by atoms with Crippen LogP contribution in [0, 0.1) is 13.8 Å². The van der Waals surface area contributed by atoms with Crippen LogP contribution in [0.15, 0.2) is 30.9 Å². The fourth-order valence-electron chi connectivity index (χ4n) is 2.31. The summed E-state index contributed by atoms with van der Waals surface area (Å²) in [6.07, 6.45) is 5.23. The second-order valence-corrected chi connectivity index (χ2v) is 4.49. The van der Waals surface area contributed by atoms with Gasteiger partial charge < -0.3 is 4.74 Å². The Labute approximate surface area is 110 Å². The number of methoxy groups -OCH3 is 1. The molecule has 0 saturated heterocycles. The molecule has 0 aliphatic carbocycles. The van der Waals surface area contributed by atoms with Crippen LogP contribution in [-0.4, -0.2) is 26.7 Å². The topological polar surface area (TPSA) is 52.3 Å². The molecule has 2 heterocycles. The fourth-order valence-corrected chi connectivity index (χ4v) is 2.31. The number of aryl methyl sites for hydroxylation is 2. The van der Waals surface area contributed by atoms with Gasteiger partial charge in [0, 0.05) is 18.0 Å². The molecular formula is C14H14N4O. The number of ether oxygens (including phenoxy) is 1. The molecular weight excluding hydrogens is 240 g/mol. The smallest absolute Gasteiger partial charge is 0.252 e. The highest BCUT2D eigenvalue weighted by Crippen LogP contribution is 2.29. The minimum Gasteiger partial charge on any atom is -0.496 e. The van der Waals surface area contributed by atoms with E-state index in [-0.39, 0.29) is 0 Å². The highest BCUT2D eigenvalue weighted by Gasteiger charge is 2.08. The Kier molecular flexibility index (Phi) is 2.67. The number of rotatable bonds is 2. The second-order valence-electron chi connectivity index (χ2n) is 4.49. The number of fused-ring (bicyclic) bond motifs is 1. The molecule has 19 heavy (non-hydrogen) atoms. The summed E-state index contributed by atoms with van der Waals surface area (Å²) in [5, 5.41) is 4.10. The summed E-state index contributed by atoms with van der Waals surface area (Å²) in [5.74, 6) is 1.53. The summed E-state index contributed by atoms with van der Waals surface area (Å²) < 4.78 is 7.05. The summed E-state index contributed by atoms with van der Waals surface area (Å²) in [6, 6.07) is 4.18. The first-order valence-corrected chi connectivity index (χ1v) is 6.00. The van der Waals surface area contributed by atoms with Crippen LogP contribution in [0.5, 0.6) is 5.75 Å². The third-order valence-electron chi connectivity index (χ3n) is 3.13. The molecule has 3 rings (SSSR count). The number of aromatic nitrogens is 4. The van der Waals surface area contributed by atoms with Crippen LogP contribution >= 0.6 is 0 Å². The number of benzene rings is 1. The molecule has 0 saturated carbocycles. The molecule has 0 fully saturated rings. The first-order valence-electron chi connectivity index (χ1n) is 6.00. The maximum absolute atomic E-state index is 5.38. The molecule has 5 nitrogen and oxygen atoms in total. The zero-order valence-electron chi connectivity index (χ0n) is 11.1. The van der Waals surface area contributed by atoms with Crippen molar-refractivity contribution in [3.63, 3.8) is 0 Å². The molecule has 5 heteroatoms. The van der Waals surface area contributed by atoms with Crippen LogP contribution in [0.25, 0.3) is 16.9 Å². The van der Waals surface area contributed by atoms with E-state index in [0.29, 0.717) is 5.78 Å². The van der Waals surface area contributed by atoms with Crippen molar-refractivity contribution in [1.82, 2.24) is 19.6 Å². The minimum atomic E-state index is 0.603. The van der Waals surface area contributed by atoms with Crippen LogP contribution in [0.2, 0.25) is 0 Å². The van der Waals surface area contributed by atoms with Crippen LogP contribution in [0.4, 0.5) is 0 Å². The van der Waals surface area contributed by atoms with Crippen molar-refractivity contribution in [3.05, 3.63) is 42.0 Å². The third-order valence-corrected chi connectivity index (χ3v) is 3.13. The number of nitrogens with zero attached hydrogens (tertiary/aromatic N) is 4. The van der Waals surface area contributed by atoms with Crippen molar-refractivity contribution in [2.75, 3.05) is 7.11 Å². The zero-order valence-corrected chi connectivity index (χ0v) is 11.1. The second kappa shape index (κ2) is 4.35. The van der Waals surface area contributed by atoms with E-state index in [1.807, 2.05) is 26.2 Å². The molecule has 0 aliphatic heterocycles. The van der Waals surface area contributed by atoms with Gasteiger partial charge in [0.15, 0.2) is 0 Å². The van der Waals surface area contributed by atoms with Crippen molar-refractivity contribution < 1.29 is 4.74 Å². The van der Waals surface area contributed by atoms with Crippen LogP contribution in [0.1, 0.15) is 11.1 Å². The Bertz CT molecular complexity index is 725. The Balaban J connectivity index is 2.15. The maximum atomic E-state index is 5.38. The van der Waals surface area contributed by atoms with E-state index < -0.39 is 0 Å². The van der Waals surface area contributed by atoms with E-state index in [1.165, 1.54) is 6.33 Å². The molecule has 2 aromatic heterocycles. The molecule has 1 aromatic carbocycles. The molecule has 0 bridgehead atoms. The van der Waals surface area contributed by atoms with Crippen LogP contribution in [0.3, 0.4) is 0 Å². The van der Waals surface area contributed by atoms with Gasteiger partial charge in [-0.1, -0.05) is 0 Å². The first kappa shape index (κ1) is 11.6. The average Bonchev–Trinajstić information content (AvgIpc) is 2.85. The lowest BCUT2D eigenvalue weighted by molar-refractivity contribution is 0.408. The molecule has 0 atom stereocenters. The summed E-state index contributed by atoms with van der Waals surface area (Å²) in [7, 11) is 1.69. The standard InChI is InChI=1S/C14H14N4O/c1-9-4-11(5-10(2)13(9)19-3)12-6-15-14-16-8-17-18(14)7-12/h4-8H,1-3H3. The average molecular weight is 254 g/mol. The molecule has 0 aliphatic rings. The van der Waals surface area contributed by atoms with Gasteiger partial charge in [0.2, 0.25) is 0 Å². The lowest BCUT2D eigenvalue weighted by atomic mass is 10.0. The fraction of sp³-hybridized carbons (Fsp3) is 0.214. The normalized spacial score (nSPS) is 10.9. The molecule has 96 valence electrons. The van der Waals surface area contributed by atoms with Crippen molar-refractivity contribution >= 4 is 5.78 Å². The lowest BCUT2D eigenvalue weighted by Crippen LogP contribution is -1.95. The van der Waals surface area contributed by atoms with Gasteiger partial charge in [0.1, 0.15) is 12.1 Å². The predicted molar refractivity (Wildman–Crippen MR) is 72.2 cm³/mol. The van der Waals surface area contributed by atoms with E-state index in [4.69, 9.17) is 4.74 Å². The molecule has 0 spiro atoms. The summed E-state index contributed by atoms with van der Waals surface area (Å²) in [5.41, 5.74) is 4.32. The maximum Gasteiger partial charge on any atom is 0.252 e. The Morgan fingerprint density at radius 3 is 2.47 bits per heavy atom. The lowest BCUT2D eigenvalue weighted by Gasteiger charge is -2.11. The van der Waals surface area contributed by atoms with Crippen molar-refractivity contribution in [2.45, 2.75) is 13.8 Å². The van der Waals surface area contributed by atoms with E-state index >= 15 is 0 Å². The summed E-state index contributed by atoms with van der Waals surface area (Å²) >= 11 is 0. The van der Waals surface area contributed by atoms with Gasteiger partial charge in [-0.3, -0.25) is 0 Å². The van der Waals surface area contributed by atoms with Gasteiger partial charge in [0.05, 0.1) is 7.11 Å². The van der Waals surface area contributed by atoms with Gasteiger partial charge >= 0.3 is 0 Å². The first-order chi connectivity index (χ1) is 9.19. The van der Waals surface area contributed by atoms with Crippen molar-refractivity contribution in [2.24, 2.45) is 0 Å². The monoisotopic (exact) mass is 254 g/mol. The largest absolute Gasteiger partial charge is 0.496 e. The van der Waals surface area contributed by atoms with E-state index in [0.717, 1.165) is 28.0 Å². The zero-order chi connectivity index (χ0) is 13.4. The van der Waals surface area contributed by atoms with E-state index in [9.17, 15) is 0 Å². The van der Waals surface area contributed by atoms with Crippen molar-refractivity contribution in [1.29, 1.82) is 0 Å². The van der Waals surface area contributed by atoms with Crippen LogP contribution in [-0.2, 0) is 0 Å². The molecule has 0 N–H and O–H groups in total. The predicted octanol–water partition coefficient (Wildman–Crippen LogP) is 2.42. The van der Waals surface area contributed by atoms with E-state index in [2.05, 4.69) is 27.2 Å². The molecule has 0 amide bonds. The molecule has 3 aromatic rings. The SMILES string of the molecule is COc1c(C)cc(-c2cnc3ncnn3c2)cc1C. The molecule has 0 unspecified atom stereocenters. The Morgan fingerprint density at radius 1 is 1.05 bits per heavy atom. The number of hydrogen-bond acceptors (Lipinski definition) is 4. The van der Waals surface area contributed by atoms with Gasteiger partial charge in [-0.15, -0.1) is 0 Å².